The van der Waals surface area contributed by atoms with Crippen molar-refractivity contribution in [2.24, 2.45) is 0 Å². The topological polar surface area (TPSA) is 77.8 Å². The maximum absolute atomic E-state index is 12.9. The van der Waals surface area contributed by atoms with E-state index in [0.29, 0.717) is 22.5 Å². The molecule has 0 aliphatic carbocycles. The Morgan fingerprint density at radius 3 is 2.26 bits per heavy atom. The number of carbonyl (C=O) groups is 1. The van der Waals surface area contributed by atoms with Gasteiger partial charge in [-0.25, -0.2) is 0 Å². The first-order valence-electron chi connectivity index (χ1n) is 11.9. The summed E-state index contributed by atoms with van der Waals surface area (Å²) in [7, 11) is 0. The first-order valence-corrected chi connectivity index (χ1v) is 11.9. The number of anilines is 1. The number of fused-ring (bicyclic) bond motifs is 1. The van der Waals surface area contributed by atoms with Gasteiger partial charge in [0.1, 0.15) is 23.3 Å². The molecule has 0 radical (unpaired) electrons. The number of hydrogen-bond donors (Lipinski definition) is 1. The third-order valence-electron chi connectivity index (χ3n) is 5.92. The Morgan fingerprint density at radius 2 is 1.54 bits per heavy atom. The van der Waals surface area contributed by atoms with Crippen LogP contribution >= 0.6 is 0 Å². The number of aryl methyl sites for hydroxylation is 3. The fourth-order valence-electron chi connectivity index (χ4n) is 3.99. The molecule has 1 amide bonds. The largest absolute Gasteiger partial charge is 0.484 e. The molecule has 6 nitrogen and oxygen atoms in total. The van der Waals surface area contributed by atoms with Crippen LogP contribution in [-0.2, 0) is 24.1 Å². The summed E-state index contributed by atoms with van der Waals surface area (Å²) in [6, 6.07) is 18.5. The Bertz CT molecular complexity index is 1380. The van der Waals surface area contributed by atoms with Gasteiger partial charge in [0.05, 0.1) is 5.39 Å². The van der Waals surface area contributed by atoms with E-state index >= 15 is 0 Å². The summed E-state index contributed by atoms with van der Waals surface area (Å²) >= 11 is 0. The van der Waals surface area contributed by atoms with Gasteiger partial charge >= 0.3 is 0 Å². The number of para-hydroxylation sites is 2. The summed E-state index contributed by atoms with van der Waals surface area (Å²) in [6.45, 7) is 5.98. The molecule has 1 N–H and O–H groups in total. The standard InChI is InChI=1S/C29H29NO5/c1-4-19-10-7-8-13-24(19)35-26-17-34-25-16-22(14-15-23(25)29(26)32)33-18-27(31)30-28-20(5-2)11-9-12-21(28)6-3/h7-17H,4-6,18H2,1-3H3,(H,30,31). The maximum atomic E-state index is 12.9. The Hall–Kier alpha value is -4.06. The van der Waals surface area contributed by atoms with E-state index in [-0.39, 0.29) is 23.7 Å². The molecule has 6 heteroatoms. The summed E-state index contributed by atoms with van der Waals surface area (Å²) in [5, 5.41) is 3.36. The molecular formula is C29H29NO5. The quantitative estimate of drug-likeness (QED) is 0.310. The van der Waals surface area contributed by atoms with Crippen LogP contribution < -0.4 is 20.2 Å². The zero-order valence-corrected chi connectivity index (χ0v) is 20.2. The molecular weight excluding hydrogens is 442 g/mol. The number of nitrogens with one attached hydrogen (secondary N) is 1. The minimum atomic E-state index is -0.273. The average Bonchev–Trinajstić information content (AvgIpc) is 2.89. The molecule has 0 atom stereocenters. The fourth-order valence-corrected chi connectivity index (χ4v) is 3.99. The van der Waals surface area contributed by atoms with E-state index in [9.17, 15) is 9.59 Å². The number of rotatable bonds is 9. The molecule has 0 aliphatic rings. The zero-order valence-electron chi connectivity index (χ0n) is 20.2. The number of ether oxygens (including phenoxy) is 2. The molecule has 0 saturated carbocycles. The van der Waals surface area contributed by atoms with Crippen LogP contribution in [0, 0.1) is 0 Å². The molecule has 4 aromatic rings. The van der Waals surface area contributed by atoms with Crippen LogP contribution in [0.1, 0.15) is 37.5 Å². The van der Waals surface area contributed by atoms with Gasteiger partial charge in [-0.3, -0.25) is 9.59 Å². The van der Waals surface area contributed by atoms with Crippen LogP contribution in [0.5, 0.6) is 17.2 Å². The molecule has 3 aromatic carbocycles. The molecule has 35 heavy (non-hydrogen) atoms. The molecule has 0 saturated heterocycles. The van der Waals surface area contributed by atoms with Gasteiger partial charge in [0.2, 0.25) is 11.2 Å². The second kappa shape index (κ2) is 10.9. The first kappa shape index (κ1) is 24.1. The van der Waals surface area contributed by atoms with Crippen molar-refractivity contribution in [1.82, 2.24) is 0 Å². The Kier molecular flexibility index (Phi) is 7.51. The monoisotopic (exact) mass is 471 g/mol. The summed E-state index contributed by atoms with van der Waals surface area (Å²) < 4.78 is 17.2. The number of carbonyl (C=O) groups excluding carboxylic acids is 1. The molecule has 0 spiro atoms. The smallest absolute Gasteiger partial charge is 0.262 e. The van der Waals surface area contributed by atoms with Gasteiger partial charge < -0.3 is 19.2 Å². The van der Waals surface area contributed by atoms with Crippen LogP contribution in [-0.4, -0.2) is 12.5 Å². The van der Waals surface area contributed by atoms with Crippen molar-refractivity contribution in [3.05, 3.63) is 93.8 Å². The van der Waals surface area contributed by atoms with Crippen molar-refractivity contribution in [2.75, 3.05) is 11.9 Å². The van der Waals surface area contributed by atoms with Gasteiger partial charge in [0, 0.05) is 11.8 Å². The highest BCUT2D eigenvalue weighted by atomic mass is 16.5. The zero-order chi connectivity index (χ0) is 24.8. The van der Waals surface area contributed by atoms with E-state index in [1.165, 1.54) is 6.26 Å². The van der Waals surface area contributed by atoms with Crippen LogP contribution in [0.25, 0.3) is 11.0 Å². The van der Waals surface area contributed by atoms with Crippen LogP contribution in [0.4, 0.5) is 5.69 Å². The van der Waals surface area contributed by atoms with Crippen LogP contribution in [0.15, 0.2) is 76.1 Å². The molecule has 1 aromatic heterocycles. The molecule has 4 rings (SSSR count). The van der Waals surface area contributed by atoms with Gasteiger partial charge in [-0.2, -0.15) is 0 Å². The number of benzene rings is 3. The van der Waals surface area contributed by atoms with Crippen molar-refractivity contribution in [2.45, 2.75) is 40.0 Å². The van der Waals surface area contributed by atoms with E-state index < -0.39 is 0 Å². The molecule has 0 aliphatic heterocycles. The highest BCUT2D eigenvalue weighted by Crippen LogP contribution is 2.27. The molecule has 1 heterocycles. The van der Waals surface area contributed by atoms with Gasteiger partial charge in [-0.15, -0.1) is 0 Å². The van der Waals surface area contributed by atoms with E-state index in [0.717, 1.165) is 41.6 Å². The van der Waals surface area contributed by atoms with Crippen LogP contribution in [0.2, 0.25) is 0 Å². The fraction of sp³-hybridized carbons (Fsp3) is 0.241. The Labute approximate surface area is 204 Å². The summed E-state index contributed by atoms with van der Waals surface area (Å²) in [5.41, 5.74) is 4.11. The Morgan fingerprint density at radius 1 is 0.857 bits per heavy atom. The molecule has 0 fully saturated rings. The van der Waals surface area contributed by atoms with E-state index in [4.69, 9.17) is 13.9 Å². The normalized spacial score (nSPS) is 10.8. The maximum Gasteiger partial charge on any atom is 0.262 e. The lowest BCUT2D eigenvalue weighted by Gasteiger charge is -2.15. The summed E-state index contributed by atoms with van der Waals surface area (Å²) in [6.07, 6.45) is 3.74. The highest BCUT2D eigenvalue weighted by molar-refractivity contribution is 5.93. The first-order chi connectivity index (χ1) is 17.0. The lowest BCUT2D eigenvalue weighted by atomic mass is 10.0. The lowest BCUT2D eigenvalue weighted by Crippen LogP contribution is -2.21. The SMILES string of the molecule is CCc1ccccc1Oc1coc2cc(OCC(=O)Nc3c(CC)cccc3CC)ccc2c1=O. The van der Waals surface area contributed by atoms with E-state index in [2.05, 4.69) is 19.2 Å². The summed E-state index contributed by atoms with van der Waals surface area (Å²) in [5.74, 6) is 0.928. The minimum Gasteiger partial charge on any atom is -0.484 e. The average molecular weight is 472 g/mol. The van der Waals surface area contributed by atoms with Crippen molar-refractivity contribution >= 4 is 22.6 Å². The van der Waals surface area contributed by atoms with Gasteiger partial charge in [0.15, 0.2) is 6.61 Å². The van der Waals surface area contributed by atoms with Gasteiger partial charge in [-0.05, 0) is 54.2 Å². The third kappa shape index (κ3) is 5.38. The van der Waals surface area contributed by atoms with E-state index in [1.54, 1.807) is 18.2 Å². The number of hydrogen-bond acceptors (Lipinski definition) is 5. The van der Waals surface area contributed by atoms with Crippen molar-refractivity contribution < 1.29 is 18.7 Å². The third-order valence-corrected chi connectivity index (χ3v) is 5.92. The van der Waals surface area contributed by atoms with Crippen molar-refractivity contribution in [3.8, 4) is 17.2 Å². The highest BCUT2D eigenvalue weighted by Gasteiger charge is 2.14. The summed E-state index contributed by atoms with van der Waals surface area (Å²) in [4.78, 5) is 25.5. The van der Waals surface area contributed by atoms with Crippen molar-refractivity contribution in [1.29, 1.82) is 0 Å². The number of amides is 1. The lowest BCUT2D eigenvalue weighted by molar-refractivity contribution is -0.118. The van der Waals surface area contributed by atoms with Crippen LogP contribution in [0.3, 0.4) is 0 Å². The van der Waals surface area contributed by atoms with Gasteiger partial charge in [-0.1, -0.05) is 57.2 Å². The second-order valence-electron chi connectivity index (χ2n) is 8.15. The molecule has 0 bridgehead atoms. The predicted molar refractivity (Wildman–Crippen MR) is 138 cm³/mol. The second-order valence-corrected chi connectivity index (χ2v) is 8.15. The van der Waals surface area contributed by atoms with Crippen molar-refractivity contribution in [3.63, 3.8) is 0 Å². The molecule has 0 unspecified atom stereocenters. The van der Waals surface area contributed by atoms with E-state index in [1.807, 2.05) is 49.4 Å². The minimum absolute atomic E-state index is 0.118. The van der Waals surface area contributed by atoms with Gasteiger partial charge in [0.25, 0.3) is 5.91 Å². The molecule has 180 valence electrons. The predicted octanol–water partition coefficient (Wildman–Crippen LogP) is 6.29. The Balaban J connectivity index is 1.47.